The lowest BCUT2D eigenvalue weighted by atomic mass is 10.1. The van der Waals surface area contributed by atoms with E-state index in [4.69, 9.17) is 4.52 Å². The summed E-state index contributed by atoms with van der Waals surface area (Å²) in [5.41, 5.74) is 2.40. The second-order valence-corrected chi connectivity index (χ2v) is 6.20. The highest BCUT2D eigenvalue weighted by atomic mass is 16.5. The molecule has 2 unspecified atom stereocenters. The Morgan fingerprint density at radius 2 is 2.05 bits per heavy atom. The van der Waals surface area contributed by atoms with Crippen molar-refractivity contribution in [3.05, 3.63) is 41.5 Å². The zero-order valence-corrected chi connectivity index (χ0v) is 12.8. The molecular formula is C17H23N3O. The van der Waals surface area contributed by atoms with E-state index in [0.29, 0.717) is 5.92 Å². The first-order valence-corrected chi connectivity index (χ1v) is 7.84. The standard InChI is InChI=1S/C17H23N3O/c1-12-4-7-15(8-5-12)18-10-9-16-19-17(20-21-16)14-6-3-13(2)11-14/h4-5,7-8,13-14,18H,3,6,9-11H2,1-2H3. The predicted octanol–water partition coefficient (Wildman–Crippen LogP) is 3.94. The van der Waals surface area contributed by atoms with Gasteiger partial charge in [0.2, 0.25) is 5.89 Å². The maximum atomic E-state index is 5.37. The lowest BCUT2D eigenvalue weighted by molar-refractivity contribution is 0.371. The number of nitrogens with one attached hydrogen (secondary N) is 1. The second kappa shape index (κ2) is 6.29. The molecule has 4 nitrogen and oxygen atoms in total. The molecule has 1 aromatic carbocycles. The van der Waals surface area contributed by atoms with Gasteiger partial charge < -0.3 is 9.84 Å². The predicted molar refractivity (Wildman–Crippen MR) is 83.4 cm³/mol. The van der Waals surface area contributed by atoms with Crippen LogP contribution in [-0.4, -0.2) is 16.7 Å². The van der Waals surface area contributed by atoms with Gasteiger partial charge in [-0.15, -0.1) is 0 Å². The Hall–Kier alpha value is -1.84. The molecule has 4 heteroatoms. The number of hydrogen-bond donors (Lipinski definition) is 1. The van der Waals surface area contributed by atoms with Gasteiger partial charge in [-0.25, -0.2) is 0 Å². The fraction of sp³-hybridized carbons (Fsp3) is 0.529. The van der Waals surface area contributed by atoms with Gasteiger partial charge in [0, 0.05) is 24.6 Å². The van der Waals surface area contributed by atoms with E-state index in [-0.39, 0.29) is 0 Å². The van der Waals surface area contributed by atoms with Crippen LogP contribution in [0.15, 0.2) is 28.8 Å². The number of benzene rings is 1. The zero-order valence-electron chi connectivity index (χ0n) is 12.8. The number of hydrogen-bond acceptors (Lipinski definition) is 4. The Bertz CT molecular complexity index is 576. The molecule has 0 bridgehead atoms. The summed E-state index contributed by atoms with van der Waals surface area (Å²) in [7, 11) is 0. The molecule has 1 saturated carbocycles. The third kappa shape index (κ3) is 3.63. The van der Waals surface area contributed by atoms with Crippen LogP contribution in [0.5, 0.6) is 0 Å². The van der Waals surface area contributed by atoms with E-state index < -0.39 is 0 Å². The number of aryl methyl sites for hydroxylation is 1. The highest BCUT2D eigenvalue weighted by Gasteiger charge is 2.26. The Kier molecular flexibility index (Phi) is 4.23. The van der Waals surface area contributed by atoms with Gasteiger partial charge in [-0.3, -0.25) is 0 Å². The third-order valence-corrected chi connectivity index (χ3v) is 4.26. The minimum atomic E-state index is 0.502. The van der Waals surface area contributed by atoms with Crippen LogP contribution in [0.4, 0.5) is 5.69 Å². The van der Waals surface area contributed by atoms with Crippen molar-refractivity contribution in [2.24, 2.45) is 5.92 Å². The first-order valence-electron chi connectivity index (χ1n) is 7.84. The molecule has 0 amide bonds. The molecule has 1 heterocycles. The Morgan fingerprint density at radius 3 is 2.76 bits per heavy atom. The van der Waals surface area contributed by atoms with Crippen molar-refractivity contribution < 1.29 is 4.52 Å². The van der Waals surface area contributed by atoms with E-state index in [1.165, 1.54) is 24.8 Å². The molecule has 2 atom stereocenters. The molecule has 0 saturated heterocycles. The minimum Gasteiger partial charge on any atom is -0.385 e. The summed E-state index contributed by atoms with van der Waals surface area (Å²) in [6.07, 6.45) is 4.44. The SMILES string of the molecule is Cc1ccc(NCCc2nc(C3CCC(C)C3)no2)cc1. The van der Waals surface area contributed by atoms with E-state index in [0.717, 1.165) is 36.3 Å². The minimum absolute atomic E-state index is 0.502. The maximum Gasteiger partial charge on any atom is 0.228 e. The van der Waals surface area contributed by atoms with Crippen LogP contribution in [0, 0.1) is 12.8 Å². The molecule has 0 aliphatic heterocycles. The van der Waals surface area contributed by atoms with Crippen molar-refractivity contribution in [1.82, 2.24) is 10.1 Å². The van der Waals surface area contributed by atoms with E-state index in [2.05, 4.69) is 53.6 Å². The van der Waals surface area contributed by atoms with Crippen molar-refractivity contribution >= 4 is 5.69 Å². The van der Waals surface area contributed by atoms with Gasteiger partial charge in [-0.1, -0.05) is 29.8 Å². The summed E-state index contributed by atoms with van der Waals surface area (Å²) in [5.74, 6) is 2.94. The third-order valence-electron chi connectivity index (χ3n) is 4.26. The molecule has 1 aliphatic rings. The lowest BCUT2D eigenvalue weighted by Gasteiger charge is -2.04. The van der Waals surface area contributed by atoms with Crippen LogP contribution in [0.1, 0.15) is 49.4 Å². The van der Waals surface area contributed by atoms with Gasteiger partial charge >= 0.3 is 0 Å². The zero-order chi connectivity index (χ0) is 14.7. The number of rotatable bonds is 5. The normalized spacial score (nSPS) is 21.6. The smallest absolute Gasteiger partial charge is 0.228 e. The van der Waals surface area contributed by atoms with Gasteiger partial charge in [0.1, 0.15) is 0 Å². The fourth-order valence-corrected chi connectivity index (χ4v) is 2.96. The van der Waals surface area contributed by atoms with Crippen molar-refractivity contribution in [3.8, 4) is 0 Å². The number of anilines is 1. The number of aromatic nitrogens is 2. The molecule has 1 aromatic heterocycles. The van der Waals surface area contributed by atoms with Crippen LogP contribution in [-0.2, 0) is 6.42 Å². The van der Waals surface area contributed by atoms with Crippen LogP contribution < -0.4 is 5.32 Å². The van der Waals surface area contributed by atoms with Crippen LogP contribution in [0.3, 0.4) is 0 Å². The molecule has 1 N–H and O–H groups in total. The molecule has 0 radical (unpaired) electrons. The molecule has 3 rings (SSSR count). The molecule has 1 fully saturated rings. The van der Waals surface area contributed by atoms with Crippen LogP contribution in [0.25, 0.3) is 0 Å². The van der Waals surface area contributed by atoms with Gasteiger partial charge in [-0.05, 0) is 44.2 Å². The van der Waals surface area contributed by atoms with Crippen molar-refractivity contribution in [1.29, 1.82) is 0 Å². The Labute approximate surface area is 126 Å². The van der Waals surface area contributed by atoms with Gasteiger partial charge in [-0.2, -0.15) is 4.98 Å². The summed E-state index contributed by atoms with van der Waals surface area (Å²) in [6.45, 7) is 5.20. The molecule has 2 aromatic rings. The van der Waals surface area contributed by atoms with Crippen LogP contribution >= 0.6 is 0 Å². The Balaban J connectivity index is 1.49. The lowest BCUT2D eigenvalue weighted by Crippen LogP contribution is -2.05. The van der Waals surface area contributed by atoms with Crippen molar-refractivity contribution in [3.63, 3.8) is 0 Å². The maximum absolute atomic E-state index is 5.37. The van der Waals surface area contributed by atoms with E-state index >= 15 is 0 Å². The second-order valence-electron chi connectivity index (χ2n) is 6.20. The fourth-order valence-electron chi connectivity index (χ4n) is 2.96. The average Bonchev–Trinajstić information content (AvgIpc) is 3.10. The van der Waals surface area contributed by atoms with Crippen molar-refractivity contribution in [2.45, 2.75) is 45.4 Å². The monoisotopic (exact) mass is 285 g/mol. The molecule has 112 valence electrons. The topological polar surface area (TPSA) is 51.0 Å². The molecule has 0 spiro atoms. The summed E-state index contributed by atoms with van der Waals surface area (Å²) < 4.78 is 5.37. The summed E-state index contributed by atoms with van der Waals surface area (Å²) in [4.78, 5) is 4.55. The molecule has 1 aliphatic carbocycles. The quantitative estimate of drug-likeness (QED) is 0.904. The highest BCUT2D eigenvalue weighted by Crippen LogP contribution is 2.36. The Morgan fingerprint density at radius 1 is 1.24 bits per heavy atom. The van der Waals surface area contributed by atoms with Gasteiger partial charge in [0.05, 0.1) is 0 Å². The van der Waals surface area contributed by atoms with Crippen molar-refractivity contribution in [2.75, 3.05) is 11.9 Å². The number of nitrogens with zero attached hydrogens (tertiary/aromatic N) is 2. The van der Waals surface area contributed by atoms with E-state index in [9.17, 15) is 0 Å². The molecule has 21 heavy (non-hydrogen) atoms. The average molecular weight is 285 g/mol. The van der Waals surface area contributed by atoms with Crippen LogP contribution in [0.2, 0.25) is 0 Å². The van der Waals surface area contributed by atoms with E-state index in [1.807, 2.05) is 0 Å². The highest BCUT2D eigenvalue weighted by molar-refractivity contribution is 5.44. The largest absolute Gasteiger partial charge is 0.385 e. The van der Waals surface area contributed by atoms with E-state index in [1.54, 1.807) is 0 Å². The first-order chi connectivity index (χ1) is 10.2. The summed E-state index contributed by atoms with van der Waals surface area (Å²) in [5, 5.41) is 7.53. The van der Waals surface area contributed by atoms with Gasteiger partial charge in [0.25, 0.3) is 0 Å². The first kappa shape index (κ1) is 14.1. The molecular weight excluding hydrogens is 262 g/mol. The summed E-state index contributed by atoms with van der Waals surface area (Å²) in [6, 6.07) is 8.39. The summed E-state index contributed by atoms with van der Waals surface area (Å²) >= 11 is 0. The van der Waals surface area contributed by atoms with Gasteiger partial charge in [0.15, 0.2) is 5.82 Å².